The summed E-state index contributed by atoms with van der Waals surface area (Å²) < 4.78 is 15.9. The van der Waals surface area contributed by atoms with Crippen molar-refractivity contribution < 1.29 is 54.8 Å². The Balaban J connectivity index is 2.11. The predicted molar refractivity (Wildman–Crippen MR) is 83.6 cm³/mol. The fraction of sp³-hybridized carbons (Fsp3) is 0.929. The summed E-state index contributed by atoms with van der Waals surface area (Å²) in [6.45, 7) is -1.77. The molecule has 0 unspecified atom stereocenters. The molecule has 2 aliphatic heterocycles. The molecule has 0 bridgehead atoms. The lowest BCUT2D eigenvalue weighted by molar-refractivity contribution is -0.343. The summed E-state index contributed by atoms with van der Waals surface area (Å²) in [5.74, 6) is -0.670. The molecule has 1 amide bonds. The number of hydrogen-bond donors (Lipinski definition) is 9. The second-order valence-corrected chi connectivity index (χ2v) is 6.33. The summed E-state index contributed by atoms with van der Waals surface area (Å²) in [4.78, 5) is 11.4. The molecular formula is C14H26N2O11. The van der Waals surface area contributed by atoms with Gasteiger partial charge in [0, 0.05) is 0 Å². The number of aliphatic hydroxyl groups excluding tert-OH is 7. The van der Waals surface area contributed by atoms with Gasteiger partial charge >= 0.3 is 0 Å². The first-order valence-corrected chi connectivity index (χ1v) is 8.33. The van der Waals surface area contributed by atoms with Gasteiger partial charge in [-0.25, -0.2) is 0 Å². The maximum atomic E-state index is 11.4. The van der Waals surface area contributed by atoms with Crippen LogP contribution in [0, 0.1) is 0 Å². The van der Waals surface area contributed by atoms with Gasteiger partial charge in [0.25, 0.3) is 0 Å². The van der Waals surface area contributed by atoms with Crippen molar-refractivity contribution in [3.63, 3.8) is 0 Å². The molecule has 0 aromatic carbocycles. The van der Waals surface area contributed by atoms with Crippen LogP contribution in [0.5, 0.6) is 0 Å². The van der Waals surface area contributed by atoms with E-state index in [-0.39, 0.29) is 0 Å². The predicted octanol–water partition coefficient (Wildman–Crippen LogP) is -6.31. The molecule has 2 saturated heterocycles. The lowest BCUT2D eigenvalue weighted by Gasteiger charge is -2.46. The van der Waals surface area contributed by atoms with E-state index in [9.17, 15) is 40.5 Å². The number of nitrogens with two attached hydrogens (primary N) is 1. The number of aliphatic hydroxyl groups is 7. The van der Waals surface area contributed by atoms with E-state index in [0.29, 0.717) is 0 Å². The van der Waals surface area contributed by atoms with E-state index in [1.165, 1.54) is 0 Å². The van der Waals surface area contributed by atoms with E-state index < -0.39 is 87.0 Å². The third-order valence-electron chi connectivity index (χ3n) is 4.49. The average Bonchev–Trinajstić information content (AvgIpc) is 2.67. The van der Waals surface area contributed by atoms with Crippen LogP contribution in [0.15, 0.2) is 0 Å². The number of amides is 1. The Morgan fingerprint density at radius 3 is 2.07 bits per heavy atom. The standard InChI is InChI=1S/C14H26N2O11/c15-1-6(19)16-13-10(23)9(22)12(5(3-18)25-13)27-14-11(24)8(21)7(20)4(2-17)26-14/h4-5,7-14,17-18,20-24H,1-3,15H2,(H,16,19)/t4-,5-,7+,8+,9-,10-,11-,12-,13-,14+/m1/s1. The largest absolute Gasteiger partial charge is 0.394 e. The van der Waals surface area contributed by atoms with Crippen molar-refractivity contribution in [3.8, 4) is 0 Å². The summed E-state index contributed by atoms with van der Waals surface area (Å²) in [6, 6.07) is 0. The zero-order chi connectivity index (χ0) is 20.3. The molecule has 13 heteroatoms. The summed E-state index contributed by atoms with van der Waals surface area (Å²) in [7, 11) is 0. The minimum Gasteiger partial charge on any atom is -0.394 e. The topological polar surface area (TPSA) is 224 Å². The van der Waals surface area contributed by atoms with Gasteiger partial charge in [-0.1, -0.05) is 0 Å². The number of carbonyl (C=O) groups is 1. The molecule has 158 valence electrons. The van der Waals surface area contributed by atoms with Crippen LogP contribution in [0.1, 0.15) is 0 Å². The van der Waals surface area contributed by atoms with Crippen molar-refractivity contribution >= 4 is 5.91 Å². The highest BCUT2D eigenvalue weighted by Crippen LogP contribution is 2.28. The Labute approximate surface area is 153 Å². The second-order valence-electron chi connectivity index (χ2n) is 6.33. The number of ether oxygens (including phenoxy) is 3. The first-order chi connectivity index (χ1) is 12.7. The van der Waals surface area contributed by atoms with E-state index in [0.717, 1.165) is 0 Å². The van der Waals surface area contributed by atoms with Crippen molar-refractivity contribution in [2.45, 2.75) is 61.3 Å². The van der Waals surface area contributed by atoms with Gasteiger partial charge in [-0.2, -0.15) is 0 Å². The lowest BCUT2D eigenvalue weighted by Crippen LogP contribution is -2.66. The summed E-state index contributed by atoms with van der Waals surface area (Å²) in [5.41, 5.74) is 5.16. The fourth-order valence-electron chi connectivity index (χ4n) is 2.93. The van der Waals surface area contributed by atoms with Crippen molar-refractivity contribution in [2.24, 2.45) is 5.73 Å². The molecule has 2 aliphatic rings. The molecule has 0 aliphatic carbocycles. The maximum Gasteiger partial charge on any atom is 0.235 e. The molecule has 27 heavy (non-hydrogen) atoms. The highest BCUT2D eigenvalue weighted by atomic mass is 16.7. The number of nitrogens with one attached hydrogen (secondary N) is 1. The van der Waals surface area contributed by atoms with E-state index in [1.807, 2.05) is 0 Å². The molecule has 0 spiro atoms. The van der Waals surface area contributed by atoms with Gasteiger partial charge in [0.05, 0.1) is 19.8 Å². The molecule has 0 aromatic heterocycles. The van der Waals surface area contributed by atoms with Gasteiger partial charge in [0.15, 0.2) is 12.5 Å². The van der Waals surface area contributed by atoms with Crippen LogP contribution < -0.4 is 11.1 Å². The van der Waals surface area contributed by atoms with Crippen LogP contribution >= 0.6 is 0 Å². The Morgan fingerprint density at radius 2 is 1.52 bits per heavy atom. The summed E-state index contributed by atoms with van der Waals surface area (Å²) in [6.07, 6.45) is -15.3. The van der Waals surface area contributed by atoms with E-state index >= 15 is 0 Å². The number of hydrogen-bond acceptors (Lipinski definition) is 12. The third-order valence-corrected chi connectivity index (χ3v) is 4.49. The van der Waals surface area contributed by atoms with Crippen LogP contribution in [0.25, 0.3) is 0 Å². The van der Waals surface area contributed by atoms with Crippen molar-refractivity contribution in [3.05, 3.63) is 0 Å². The minimum atomic E-state index is -1.75. The molecule has 2 rings (SSSR count). The minimum absolute atomic E-state index is 0.392. The molecular weight excluding hydrogens is 372 g/mol. The smallest absolute Gasteiger partial charge is 0.235 e. The van der Waals surface area contributed by atoms with Crippen molar-refractivity contribution in [1.29, 1.82) is 0 Å². The first-order valence-electron chi connectivity index (χ1n) is 8.33. The van der Waals surface area contributed by atoms with Gasteiger partial charge in [0.1, 0.15) is 48.8 Å². The maximum absolute atomic E-state index is 11.4. The van der Waals surface area contributed by atoms with Crippen molar-refractivity contribution in [1.82, 2.24) is 5.32 Å². The van der Waals surface area contributed by atoms with Crippen LogP contribution in [0.4, 0.5) is 0 Å². The molecule has 0 radical (unpaired) electrons. The molecule has 0 saturated carbocycles. The van der Waals surface area contributed by atoms with E-state index in [4.69, 9.17) is 19.9 Å². The van der Waals surface area contributed by atoms with Crippen LogP contribution in [0.2, 0.25) is 0 Å². The highest BCUT2D eigenvalue weighted by molar-refractivity contribution is 5.78. The molecule has 2 fully saturated rings. The van der Waals surface area contributed by atoms with Gasteiger partial charge in [-0.15, -0.1) is 0 Å². The van der Waals surface area contributed by atoms with Crippen LogP contribution in [-0.4, -0.2) is 123 Å². The van der Waals surface area contributed by atoms with Crippen molar-refractivity contribution in [2.75, 3.05) is 19.8 Å². The van der Waals surface area contributed by atoms with Gasteiger partial charge < -0.3 is 61.0 Å². The highest BCUT2D eigenvalue weighted by Gasteiger charge is 2.50. The number of rotatable bonds is 6. The SMILES string of the molecule is NCC(=O)N[C@@H]1O[C@H](CO)[C@@H](O[C@@H]2O[C@H](CO)[C@H](O)[C@H](O)[C@H]2O)[C@H](O)[C@H]1O. The first kappa shape index (κ1) is 22.3. The Kier molecular flexibility index (Phi) is 7.84. The third kappa shape index (κ3) is 4.72. The molecule has 2 heterocycles. The molecule has 0 aromatic rings. The normalized spacial score (nSPS) is 45.5. The van der Waals surface area contributed by atoms with E-state index in [1.54, 1.807) is 0 Å². The summed E-state index contributed by atoms with van der Waals surface area (Å²) >= 11 is 0. The van der Waals surface area contributed by atoms with E-state index in [2.05, 4.69) is 5.32 Å². The molecule has 13 nitrogen and oxygen atoms in total. The second kappa shape index (κ2) is 9.49. The lowest BCUT2D eigenvalue weighted by atomic mass is 9.96. The Morgan fingerprint density at radius 1 is 0.889 bits per heavy atom. The monoisotopic (exact) mass is 398 g/mol. The molecule has 10 atom stereocenters. The zero-order valence-electron chi connectivity index (χ0n) is 14.2. The van der Waals surface area contributed by atoms with Crippen LogP contribution in [-0.2, 0) is 19.0 Å². The van der Waals surface area contributed by atoms with Crippen LogP contribution in [0.3, 0.4) is 0 Å². The van der Waals surface area contributed by atoms with Gasteiger partial charge in [0.2, 0.25) is 5.91 Å². The average molecular weight is 398 g/mol. The molecule has 10 N–H and O–H groups in total. The van der Waals surface area contributed by atoms with Gasteiger partial charge in [-0.05, 0) is 0 Å². The quantitative estimate of drug-likeness (QED) is 0.204. The zero-order valence-corrected chi connectivity index (χ0v) is 14.2. The Bertz CT molecular complexity index is 494. The summed E-state index contributed by atoms with van der Waals surface area (Å²) in [5, 5.41) is 70.9. The fourth-order valence-corrected chi connectivity index (χ4v) is 2.93. The Hall–Kier alpha value is -0.970. The van der Waals surface area contributed by atoms with Gasteiger partial charge in [-0.3, -0.25) is 4.79 Å². The number of carbonyl (C=O) groups excluding carboxylic acids is 1.